The molecule has 2 aliphatic heterocycles. The molecule has 1 amide bonds. The number of sulfonamides is 1. The minimum atomic E-state index is -4.00. The number of nitrogens with one attached hydrogen (secondary N) is 1. The van der Waals surface area contributed by atoms with Crippen LogP contribution in [0.5, 0.6) is 0 Å². The lowest BCUT2D eigenvalue weighted by atomic mass is 10.0. The Labute approximate surface area is 174 Å². The van der Waals surface area contributed by atoms with Crippen molar-refractivity contribution in [3.05, 3.63) is 53.3 Å². The summed E-state index contributed by atoms with van der Waals surface area (Å²) in [5, 5.41) is 11.5. The predicted molar refractivity (Wildman–Crippen MR) is 110 cm³/mol. The minimum Gasteiger partial charge on any atom is -0.370 e. The van der Waals surface area contributed by atoms with Gasteiger partial charge in [-0.1, -0.05) is 0 Å². The average Bonchev–Trinajstić information content (AvgIpc) is 3.00. The van der Waals surface area contributed by atoms with Crippen LogP contribution in [0, 0.1) is 17.1 Å². The first kappa shape index (κ1) is 20.3. The van der Waals surface area contributed by atoms with Crippen LogP contribution >= 0.6 is 0 Å². The highest BCUT2D eigenvalue weighted by Gasteiger charge is 2.31. The molecule has 1 N–H and O–H groups in total. The van der Waals surface area contributed by atoms with Gasteiger partial charge in [0.1, 0.15) is 10.7 Å². The molecule has 0 spiro atoms. The molecule has 0 radical (unpaired) electrons. The average molecular weight is 428 g/mol. The minimum absolute atomic E-state index is 0.201. The monoisotopic (exact) mass is 428 g/mol. The summed E-state index contributed by atoms with van der Waals surface area (Å²) in [5.41, 5.74) is 2.45. The molecule has 2 aromatic rings. The first-order valence-electron chi connectivity index (χ1n) is 9.76. The van der Waals surface area contributed by atoms with Crippen LogP contribution < -0.4 is 10.2 Å². The van der Waals surface area contributed by atoms with Crippen molar-refractivity contribution in [2.45, 2.75) is 24.2 Å². The number of carbonyl (C=O) groups is 1. The van der Waals surface area contributed by atoms with E-state index in [0.29, 0.717) is 49.3 Å². The van der Waals surface area contributed by atoms with E-state index in [4.69, 9.17) is 5.26 Å². The molecule has 2 heterocycles. The van der Waals surface area contributed by atoms with Crippen molar-refractivity contribution in [3.8, 4) is 6.07 Å². The van der Waals surface area contributed by atoms with Crippen LogP contribution in [0.4, 0.5) is 15.8 Å². The smallest absolute Gasteiger partial charge is 0.246 e. The number of fused-ring (bicyclic) bond motifs is 1. The molecular weight excluding hydrogens is 407 g/mol. The standard InChI is InChI=1S/C21H21FN4O3S/c22-18-13-19-16(4-7-21(27)24-19)12-20(18)30(28,29)26-9-1-8-25(10-11-26)17-5-2-15(14-23)3-6-17/h2-3,5-6,12-13H,1,4,7-11H2,(H,24,27). The number of nitriles is 1. The summed E-state index contributed by atoms with van der Waals surface area (Å²) in [4.78, 5) is 13.2. The van der Waals surface area contributed by atoms with Gasteiger partial charge in [-0.15, -0.1) is 0 Å². The van der Waals surface area contributed by atoms with Crippen LogP contribution in [-0.4, -0.2) is 44.8 Å². The van der Waals surface area contributed by atoms with Crippen molar-refractivity contribution in [2.75, 3.05) is 36.4 Å². The maximum Gasteiger partial charge on any atom is 0.246 e. The van der Waals surface area contributed by atoms with Crippen LogP contribution in [-0.2, 0) is 21.2 Å². The normalized spacial score (nSPS) is 17.6. The first-order valence-corrected chi connectivity index (χ1v) is 11.2. The number of hydrogen-bond donors (Lipinski definition) is 1. The second-order valence-corrected chi connectivity index (χ2v) is 9.30. The number of hydrogen-bond acceptors (Lipinski definition) is 5. The Hall–Kier alpha value is -2.96. The second kappa shape index (κ2) is 8.05. The number of aryl methyl sites for hydroxylation is 1. The van der Waals surface area contributed by atoms with Crippen molar-refractivity contribution < 1.29 is 17.6 Å². The maximum absolute atomic E-state index is 14.7. The summed E-state index contributed by atoms with van der Waals surface area (Å²) in [6, 6.07) is 11.7. The third-order valence-corrected chi connectivity index (χ3v) is 7.40. The molecular formula is C21H21FN4O3S. The van der Waals surface area contributed by atoms with Gasteiger partial charge in [-0.05, 0) is 54.8 Å². The fourth-order valence-electron chi connectivity index (χ4n) is 3.86. The Morgan fingerprint density at radius 1 is 1.03 bits per heavy atom. The fourth-order valence-corrected chi connectivity index (χ4v) is 5.42. The zero-order valence-corrected chi connectivity index (χ0v) is 17.1. The fraction of sp³-hybridized carbons (Fsp3) is 0.333. The quantitative estimate of drug-likeness (QED) is 0.811. The molecule has 0 aromatic heterocycles. The molecule has 4 rings (SSSR count). The van der Waals surface area contributed by atoms with Gasteiger partial charge in [0.25, 0.3) is 0 Å². The largest absolute Gasteiger partial charge is 0.370 e. The number of anilines is 2. The molecule has 30 heavy (non-hydrogen) atoms. The van der Waals surface area contributed by atoms with E-state index in [2.05, 4.69) is 16.3 Å². The molecule has 0 saturated carbocycles. The van der Waals surface area contributed by atoms with Crippen LogP contribution in [0.2, 0.25) is 0 Å². The molecule has 0 atom stereocenters. The summed E-state index contributed by atoms with van der Waals surface area (Å²) in [5.74, 6) is -1.06. The van der Waals surface area contributed by atoms with Gasteiger partial charge in [-0.25, -0.2) is 12.8 Å². The predicted octanol–water partition coefficient (Wildman–Crippen LogP) is 2.48. The van der Waals surface area contributed by atoms with E-state index in [1.165, 1.54) is 10.4 Å². The third kappa shape index (κ3) is 3.88. The summed E-state index contributed by atoms with van der Waals surface area (Å²) >= 11 is 0. The topological polar surface area (TPSA) is 93.5 Å². The van der Waals surface area contributed by atoms with Crippen LogP contribution in [0.3, 0.4) is 0 Å². The van der Waals surface area contributed by atoms with Gasteiger partial charge in [-0.2, -0.15) is 9.57 Å². The number of halogens is 1. The van der Waals surface area contributed by atoms with Crippen molar-refractivity contribution >= 4 is 27.3 Å². The van der Waals surface area contributed by atoms with Gasteiger partial charge < -0.3 is 10.2 Å². The second-order valence-electron chi connectivity index (χ2n) is 7.39. The Morgan fingerprint density at radius 2 is 1.80 bits per heavy atom. The van der Waals surface area contributed by atoms with Gasteiger partial charge in [0.15, 0.2) is 0 Å². The number of rotatable bonds is 3. The summed E-state index contributed by atoms with van der Waals surface area (Å²) in [6.45, 7) is 1.66. The van der Waals surface area contributed by atoms with E-state index in [0.717, 1.165) is 11.8 Å². The lowest BCUT2D eigenvalue weighted by molar-refractivity contribution is -0.116. The highest BCUT2D eigenvalue weighted by atomic mass is 32.2. The SMILES string of the molecule is N#Cc1ccc(N2CCCN(S(=O)(=O)c3cc4c(cc3F)NC(=O)CC4)CC2)cc1. The first-order chi connectivity index (χ1) is 14.4. The summed E-state index contributed by atoms with van der Waals surface area (Å²) < 4.78 is 42.4. The van der Waals surface area contributed by atoms with Crippen molar-refractivity contribution in [1.82, 2.24) is 4.31 Å². The Kier molecular flexibility index (Phi) is 5.45. The van der Waals surface area contributed by atoms with Crippen LogP contribution in [0.15, 0.2) is 41.3 Å². The molecule has 2 aliphatic rings. The number of nitrogens with zero attached hydrogens (tertiary/aromatic N) is 3. The zero-order chi connectivity index (χ0) is 21.3. The van der Waals surface area contributed by atoms with E-state index in [9.17, 15) is 17.6 Å². The molecule has 0 bridgehead atoms. The van der Waals surface area contributed by atoms with Crippen molar-refractivity contribution in [1.29, 1.82) is 5.26 Å². The Balaban J connectivity index is 1.55. The molecule has 7 nitrogen and oxygen atoms in total. The maximum atomic E-state index is 14.7. The van der Waals surface area contributed by atoms with Gasteiger partial charge in [0.2, 0.25) is 15.9 Å². The highest BCUT2D eigenvalue weighted by Crippen LogP contribution is 2.30. The lowest BCUT2D eigenvalue weighted by Crippen LogP contribution is -2.35. The number of benzene rings is 2. The molecule has 1 saturated heterocycles. The van der Waals surface area contributed by atoms with Gasteiger partial charge in [-0.3, -0.25) is 4.79 Å². The van der Waals surface area contributed by atoms with Crippen molar-refractivity contribution in [3.63, 3.8) is 0 Å². The Bertz CT molecular complexity index is 1130. The lowest BCUT2D eigenvalue weighted by Gasteiger charge is -2.24. The number of amides is 1. The summed E-state index contributed by atoms with van der Waals surface area (Å²) in [7, 11) is -4.00. The van der Waals surface area contributed by atoms with E-state index >= 15 is 0 Å². The third-order valence-electron chi connectivity index (χ3n) is 5.49. The molecule has 1 fully saturated rings. The zero-order valence-electron chi connectivity index (χ0n) is 16.3. The summed E-state index contributed by atoms with van der Waals surface area (Å²) in [6.07, 6.45) is 1.24. The Morgan fingerprint density at radius 3 is 2.53 bits per heavy atom. The van der Waals surface area contributed by atoms with E-state index in [-0.39, 0.29) is 23.8 Å². The molecule has 9 heteroatoms. The number of carbonyl (C=O) groups excluding carboxylic acids is 1. The van der Waals surface area contributed by atoms with Gasteiger partial charge in [0.05, 0.1) is 11.6 Å². The van der Waals surface area contributed by atoms with Crippen LogP contribution in [0.25, 0.3) is 0 Å². The van der Waals surface area contributed by atoms with Crippen LogP contribution in [0.1, 0.15) is 24.0 Å². The van der Waals surface area contributed by atoms with E-state index in [1.807, 2.05) is 12.1 Å². The molecule has 156 valence electrons. The molecule has 2 aromatic carbocycles. The molecule has 0 aliphatic carbocycles. The van der Waals surface area contributed by atoms with Crippen molar-refractivity contribution in [2.24, 2.45) is 0 Å². The highest BCUT2D eigenvalue weighted by molar-refractivity contribution is 7.89. The van der Waals surface area contributed by atoms with Gasteiger partial charge in [0, 0.05) is 44.0 Å². The van der Waals surface area contributed by atoms with E-state index < -0.39 is 15.8 Å². The van der Waals surface area contributed by atoms with E-state index in [1.54, 1.807) is 12.1 Å². The van der Waals surface area contributed by atoms with Gasteiger partial charge >= 0.3 is 0 Å². The molecule has 0 unspecified atom stereocenters.